The van der Waals surface area contributed by atoms with E-state index in [4.69, 9.17) is 0 Å². The van der Waals surface area contributed by atoms with Gasteiger partial charge < -0.3 is 5.32 Å². The molecule has 160 valence electrons. The molecule has 0 saturated heterocycles. The second-order valence-corrected chi connectivity index (χ2v) is 8.27. The van der Waals surface area contributed by atoms with Crippen molar-refractivity contribution < 1.29 is 18.1 Å². The number of rotatable bonds is 9. The number of nitrogens with one attached hydrogen (secondary N) is 2. The fourth-order valence-corrected chi connectivity index (χ4v) is 3.76. The van der Waals surface area contributed by atoms with Crippen molar-refractivity contribution in [3.05, 3.63) is 94.8 Å². The molecule has 2 N–H and O–H groups in total. The van der Waals surface area contributed by atoms with Crippen LogP contribution in [0.15, 0.2) is 73.4 Å². The van der Waals surface area contributed by atoms with Gasteiger partial charge in [0.05, 0.1) is 16.4 Å². The smallest absolute Gasteiger partial charge is 0.276 e. The number of anilines is 1. The van der Waals surface area contributed by atoms with E-state index in [9.17, 15) is 23.3 Å². The third-order valence-corrected chi connectivity index (χ3v) is 5.48. The van der Waals surface area contributed by atoms with Crippen molar-refractivity contribution in [2.75, 3.05) is 11.9 Å². The molecule has 11 heteroatoms. The van der Waals surface area contributed by atoms with E-state index in [0.717, 1.165) is 0 Å². The van der Waals surface area contributed by atoms with Gasteiger partial charge in [0, 0.05) is 30.6 Å². The number of aromatic nitrogens is 2. The summed E-state index contributed by atoms with van der Waals surface area (Å²) in [4.78, 5) is 22.7. The summed E-state index contributed by atoms with van der Waals surface area (Å²) in [5, 5.41) is 17.6. The normalized spacial score (nSPS) is 11.1. The van der Waals surface area contributed by atoms with Gasteiger partial charge in [-0.1, -0.05) is 18.2 Å². The lowest BCUT2D eigenvalue weighted by molar-refractivity contribution is -0.384. The first-order valence-electron chi connectivity index (χ1n) is 9.06. The fraction of sp³-hybridized carbons (Fsp3) is 0.100. The molecule has 10 nitrogen and oxygen atoms in total. The van der Waals surface area contributed by atoms with E-state index in [1.54, 1.807) is 30.5 Å². The molecule has 0 aliphatic heterocycles. The molecule has 1 aromatic heterocycles. The van der Waals surface area contributed by atoms with Gasteiger partial charge in [-0.25, -0.2) is 17.8 Å². The van der Waals surface area contributed by atoms with Gasteiger partial charge in [0.25, 0.3) is 11.6 Å². The Bertz CT molecular complexity index is 1200. The SMILES string of the molecule is C=CCNS(=O)(=O)Cc1ccc(NC(=O)c2ccn(-c3ccc([N+](=O)[O-])cc3)n2)cc1. The Morgan fingerprint density at radius 3 is 2.42 bits per heavy atom. The number of non-ortho nitro benzene ring substituents is 1. The van der Waals surface area contributed by atoms with Gasteiger partial charge in [0.15, 0.2) is 5.69 Å². The first kappa shape index (κ1) is 21.9. The molecule has 0 bridgehead atoms. The predicted molar refractivity (Wildman–Crippen MR) is 115 cm³/mol. The molecule has 0 fully saturated rings. The van der Waals surface area contributed by atoms with Crippen molar-refractivity contribution in [3.63, 3.8) is 0 Å². The number of sulfonamides is 1. The minimum absolute atomic E-state index is 0.0402. The van der Waals surface area contributed by atoms with Crippen LogP contribution < -0.4 is 10.0 Å². The highest BCUT2D eigenvalue weighted by Crippen LogP contribution is 2.16. The molecule has 0 radical (unpaired) electrons. The summed E-state index contributed by atoms with van der Waals surface area (Å²) in [7, 11) is -3.47. The largest absolute Gasteiger partial charge is 0.321 e. The third-order valence-electron chi connectivity index (χ3n) is 4.16. The number of hydrogen-bond donors (Lipinski definition) is 2. The van der Waals surface area contributed by atoms with Crippen LogP contribution in [0.2, 0.25) is 0 Å². The van der Waals surface area contributed by atoms with E-state index in [1.807, 2.05) is 0 Å². The van der Waals surface area contributed by atoms with Crippen LogP contribution in [0, 0.1) is 10.1 Å². The quantitative estimate of drug-likeness (QED) is 0.298. The average molecular weight is 441 g/mol. The fourth-order valence-electron chi connectivity index (χ4n) is 2.65. The third kappa shape index (κ3) is 5.84. The summed E-state index contributed by atoms with van der Waals surface area (Å²) in [6.07, 6.45) is 3.03. The molecule has 0 aliphatic rings. The molecule has 0 atom stereocenters. The summed E-state index contributed by atoms with van der Waals surface area (Å²) >= 11 is 0. The Labute approximate surface area is 178 Å². The number of hydrogen-bond acceptors (Lipinski definition) is 6. The highest BCUT2D eigenvalue weighted by Gasteiger charge is 2.13. The second-order valence-electron chi connectivity index (χ2n) is 6.47. The van der Waals surface area contributed by atoms with Crippen molar-refractivity contribution >= 4 is 27.3 Å². The van der Waals surface area contributed by atoms with Gasteiger partial charge in [-0.15, -0.1) is 6.58 Å². The molecule has 3 aromatic rings. The average Bonchev–Trinajstić information content (AvgIpc) is 3.24. The maximum atomic E-state index is 12.4. The molecule has 2 aromatic carbocycles. The number of nitro benzene ring substituents is 1. The first-order chi connectivity index (χ1) is 14.8. The maximum Gasteiger partial charge on any atom is 0.276 e. The molecule has 3 rings (SSSR count). The van der Waals surface area contributed by atoms with Crippen LogP contribution in [0.25, 0.3) is 5.69 Å². The van der Waals surface area contributed by atoms with Crippen molar-refractivity contribution in [2.24, 2.45) is 0 Å². The molecule has 31 heavy (non-hydrogen) atoms. The van der Waals surface area contributed by atoms with Crippen molar-refractivity contribution in [2.45, 2.75) is 5.75 Å². The van der Waals surface area contributed by atoms with Crippen molar-refractivity contribution in [3.8, 4) is 5.69 Å². The van der Waals surface area contributed by atoms with Crippen LogP contribution in [0.4, 0.5) is 11.4 Å². The minimum atomic E-state index is -3.47. The summed E-state index contributed by atoms with van der Waals surface area (Å²) < 4.78 is 27.6. The van der Waals surface area contributed by atoms with Gasteiger partial charge in [0.2, 0.25) is 10.0 Å². The van der Waals surface area contributed by atoms with Crippen LogP contribution in [0.1, 0.15) is 16.1 Å². The zero-order chi connectivity index (χ0) is 22.4. The Kier molecular flexibility index (Phi) is 6.58. The van der Waals surface area contributed by atoms with E-state index < -0.39 is 20.9 Å². The van der Waals surface area contributed by atoms with Gasteiger partial charge in [0.1, 0.15) is 0 Å². The standard InChI is InChI=1S/C20H19N5O5S/c1-2-12-21-31(29,30)14-15-3-5-16(6-4-15)22-20(26)19-11-13-24(23-19)17-7-9-18(10-8-17)25(27)28/h2-11,13,21H,1,12,14H2,(H,22,26). The maximum absolute atomic E-state index is 12.4. The van der Waals surface area contributed by atoms with E-state index in [1.165, 1.54) is 41.1 Å². The van der Waals surface area contributed by atoms with E-state index >= 15 is 0 Å². The van der Waals surface area contributed by atoms with Gasteiger partial charge in [-0.05, 0) is 35.9 Å². The zero-order valence-electron chi connectivity index (χ0n) is 16.3. The van der Waals surface area contributed by atoms with Crippen LogP contribution in [-0.4, -0.2) is 35.6 Å². The molecule has 1 heterocycles. The van der Waals surface area contributed by atoms with Gasteiger partial charge >= 0.3 is 0 Å². The molecular weight excluding hydrogens is 422 g/mol. The second kappa shape index (κ2) is 9.32. The Balaban J connectivity index is 1.64. The monoisotopic (exact) mass is 441 g/mol. The van der Waals surface area contributed by atoms with Crippen LogP contribution in [0.3, 0.4) is 0 Å². The summed E-state index contributed by atoms with van der Waals surface area (Å²) in [6.45, 7) is 3.62. The van der Waals surface area contributed by atoms with E-state index in [0.29, 0.717) is 16.9 Å². The molecule has 0 saturated carbocycles. The Morgan fingerprint density at radius 1 is 1.13 bits per heavy atom. The highest BCUT2D eigenvalue weighted by atomic mass is 32.2. The zero-order valence-corrected chi connectivity index (χ0v) is 17.1. The van der Waals surface area contributed by atoms with Gasteiger partial charge in [-0.3, -0.25) is 14.9 Å². The molecular formula is C20H19N5O5S. The lowest BCUT2D eigenvalue weighted by Gasteiger charge is -2.07. The lowest BCUT2D eigenvalue weighted by atomic mass is 10.2. The van der Waals surface area contributed by atoms with Crippen molar-refractivity contribution in [1.82, 2.24) is 14.5 Å². The minimum Gasteiger partial charge on any atom is -0.321 e. The highest BCUT2D eigenvalue weighted by molar-refractivity contribution is 7.88. The first-order valence-corrected chi connectivity index (χ1v) is 10.7. The van der Waals surface area contributed by atoms with Crippen LogP contribution in [0.5, 0.6) is 0 Å². The summed E-state index contributed by atoms with van der Waals surface area (Å²) in [5.74, 6) is -0.636. The lowest BCUT2D eigenvalue weighted by Crippen LogP contribution is -2.25. The molecule has 0 unspecified atom stereocenters. The number of amides is 1. The summed E-state index contributed by atoms with van der Waals surface area (Å²) in [6, 6.07) is 13.7. The topological polar surface area (TPSA) is 136 Å². The Morgan fingerprint density at radius 2 is 1.81 bits per heavy atom. The predicted octanol–water partition coefficient (Wildman–Crippen LogP) is 2.64. The van der Waals surface area contributed by atoms with E-state index in [-0.39, 0.29) is 23.7 Å². The van der Waals surface area contributed by atoms with E-state index in [2.05, 4.69) is 21.7 Å². The summed E-state index contributed by atoms with van der Waals surface area (Å²) in [5.41, 5.74) is 1.73. The number of nitro groups is 1. The molecule has 0 aliphatic carbocycles. The van der Waals surface area contributed by atoms with Crippen LogP contribution in [-0.2, 0) is 15.8 Å². The molecule has 1 amide bonds. The van der Waals surface area contributed by atoms with Crippen molar-refractivity contribution in [1.29, 1.82) is 0 Å². The van der Waals surface area contributed by atoms with Gasteiger partial charge in [-0.2, -0.15) is 5.10 Å². The number of benzene rings is 2. The number of carbonyl (C=O) groups excluding carboxylic acids is 1. The number of carbonyl (C=O) groups is 1. The number of nitrogens with zero attached hydrogens (tertiary/aromatic N) is 3. The molecule has 0 spiro atoms. The Hall–Kier alpha value is -3.83. The van der Waals surface area contributed by atoms with Crippen LogP contribution >= 0.6 is 0 Å².